The quantitative estimate of drug-likeness (QED) is 0.451. The van der Waals surface area contributed by atoms with Crippen molar-refractivity contribution in [2.24, 2.45) is 5.92 Å². The minimum atomic E-state index is -1.10. The third-order valence-electron chi connectivity index (χ3n) is 6.32. The zero-order valence-corrected chi connectivity index (χ0v) is 18.3. The number of ether oxygens (including phenoxy) is 1. The molecule has 2 aliphatic carbocycles. The molecule has 8 heteroatoms. The number of fused-ring (bicyclic) bond motifs is 3. The minimum Gasteiger partial charge on any atom is -0.480 e. The number of carboxylic acid groups (broad SMARTS) is 1. The van der Waals surface area contributed by atoms with E-state index in [0.29, 0.717) is 12.3 Å². The molecule has 0 spiro atoms. The van der Waals surface area contributed by atoms with E-state index in [-0.39, 0.29) is 24.0 Å². The molecule has 5 rings (SSSR count). The van der Waals surface area contributed by atoms with Gasteiger partial charge in [-0.25, -0.2) is 9.59 Å². The third-order valence-corrected chi connectivity index (χ3v) is 6.32. The fourth-order valence-electron chi connectivity index (χ4n) is 4.46. The summed E-state index contributed by atoms with van der Waals surface area (Å²) in [5, 5.41) is 14.4. The summed E-state index contributed by atoms with van der Waals surface area (Å²) in [5.74, 6) is -1.75. The van der Waals surface area contributed by atoms with Crippen molar-refractivity contribution in [1.82, 2.24) is 5.32 Å². The van der Waals surface area contributed by atoms with Gasteiger partial charge in [-0.05, 0) is 34.6 Å². The van der Waals surface area contributed by atoms with E-state index in [1.807, 2.05) is 36.4 Å². The molecule has 8 nitrogen and oxygen atoms in total. The smallest absolute Gasteiger partial charge is 0.411 e. The SMILES string of the molecule is O=C(Nc1ccoc1C(=O)NC(CC1CC1)C(=O)O)OCC1c2ccccc2-c2ccccc21. The number of rotatable bonds is 8. The Morgan fingerprint density at radius 3 is 2.26 bits per heavy atom. The van der Waals surface area contributed by atoms with Crippen molar-refractivity contribution in [2.45, 2.75) is 31.2 Å². The number of hydrogen-bond donors (Lipinski definition) is 3. The normalized spacial score (nSPS) is 15.2. The van der Waals surface area contributed by atoms with Crippen LogP contribution in [-0.2, 0) is 9.53 Å². The van der Waals surface area contributed by atoms with E-state index in [1.165, 1.54) is 12.3 Å². The second kappa shape index (κ2) is 9.05. The molecular weight excluding hydrogens is 436 g/mol. The molecule has 1 aromatic heterocycles. The lowest BCUT2D eigenvalue weighted by molar-refractivity contribution is -0.139. The first-order valence-corrected chi connectivity index (χ1v) is 11.2. The molecule has 3 N–H and O–H groups in total. The summed E-state index contributed by atoms with van der Waals surface area (Å²) in [6.45, 7) is 0.127. The maximum absolute atomic E-state index is 12.6. The van der Waals surface area contributed by atoms with E-state index >= 15 is 0 Å². The summed E-state index contributed by atoms with van der Waals surface area (Å²) in [6, 6.07) is 16.5. The second-order valence-electron chi connectivity index (χ2n) is 8.66. The first-order chi connectivity index (χ1) is 16.5. The second-order valence-corrected chi connectivity index (χ2v) is 8.66. The largest absolute Gasteiger partial charge is 0.480 e. The molecule has 0 saturated heterocycles. The molecule has 1 unspecified atom stereocenters. The molecule has 1 atom stereocenters. The van der Waals surface area contributed by atoms with Crippen LogP contribution in [0.1, 0.15) is 46.9 Å². The van der Waals surface area contributed by atoms with Crippen LogP contribution in [0.4, 0.5) is 10.5 Å². The van der Waals surface area contributed by atoms with E-state index in [1.54, 1.807) is 0 Å². The highest BCUT2D eigenvalue weighted by atomic mass is 16.5. The highest BCUT2D eigenvalue weighted by molar-refractivity contribution is 6.01. The van der Waals surface area contributed by atoms with Crippen LogP contribution in [0.3, 0.4) is 0 Å². The van der Waals surface area contributed by atoms with Crippen molar-refractivity contribution in [2.75, 3.05) is 11.9 Å². The molecule has 3 aromatic rings. The molecule has 0 bridgehead atoms. The van der Waals surface area contributed by atoms with E-state index in [2.05, 4.69) is 22.8 Å². The number of nitrogens with one attached hydrogen (secondary N) is 2. The summed E-state index contributed by atoms with van der Waals surface area (Å²) in [7, 11) is 0. The number of amides is 2. The van der Waals surface area contributed by atoms with Gasteiger partial charge in [0.25, 0.3) is 5.91 Å². The molecular formula is C26H24N2O6. The summed E-state index contributed by atoms with van der Waals surface area (Å²) in [6.07, 6.45) is 2.83. The van der Waals surface area contributed by atoms with Crippen molar-refractivity contribution >= 4 is 23.7 Å². The van der Waals surface area contributed by atoms with Gasteiger partial charge in [0.2, 0.25) is 5.76 Å². The Kier molecular flexibility index (Phi) is 5.79. The Morgan fingerprint density at radius 1 is 1.00 bits per heavy atom. The van der Waals surface area contributed by atoms with E-state index in [4.69, 9.17) is 9.15 Å². The van der Waals surface area contributed by atoms with Crippen molar-refractivity contribution in [1.29, 1.82) is 0 Å². The standard InChI is InChI=1S/C26H24N2O6/c29-24(27-22(25(30)31)13-15-9-10-15)23-21(11-12-33-23)28-26(32)34-14-20-18-7-3-1-5-16(18)17-6-2-4-8-19(17)20/h1-8,11-12,15,20,22H,9-10,13-14H2,(H,27,29)(H,28,32)(H,30,31). The maximum Gasteiger partial charge on any atom is 0.411 e. The lowest BCUT2D eigenvalue weighted by atomic mass is 9.98. The molecule has 2 aliphatic rings. The van der Waals surface area contributed by atoms with Gasteiger partial charge in [0.15, 0.2) is 0 Å². The monoisotopic (exact) mass is 460 g/mol. The van der Waals surface area contributed by atoms with Gasteiger partial charge in [0.1, 0.15) is 12.6 Å². The van der Waals surface area contributed by atoms with Crippen LogP contribution in [0.2, 0.25) is 0 Å². The van der Waals surface area contributed by atoms with Crippen LogP contribution < -0.4 is 10.6 Å². The number of anilines is 1. The molecule has 0 radical (unpaired) electrons. The zero-order valence-electron chi connectivity index (χ0n) is 18.3. The fraction of sp³-hybridized carbons (Fsp3) is 0.269. The zero-order chi connectivity index (χ0) is 23.7. The Hall–Kier alpha value is -4.07. The van der Waals surface area contributed by atoms with E-state index in [9.17, 15) is 19.5 Å². The molecule has 34 heavy (non-hydrogen) atoms. The molecule has 1 saturated carbocycles. The Bertz CT molecular complexity index is 1200. The van der Waals surface area contributed by atoms with E-state index in [0.717, 1.165) is 35.1 Å². The summed E-state index contributed by atoms with van der Waals surface area (Å²) < 4.78 is 10.7. The molecule has 174 valence electrons. The molecule has 1 heterocycles. The molecule has 0 aliphatic heterocycles. The maximum atomic E-state index is 12.6. The molecule has 2 amide bonds. The van der Waals surface area contributed by atoms with Crippen LogP contribution in [0.15, 0.2) is 65.3 Å². The molecule has 1 fully saturated rings. The number of carbonyl (C=O) groups is 3. The van der Waals surface area contributed by atoms with Crippen LogP contribution in [0.25, 0.3) is 11.1 Å². The van der Waals surface area contributed by atoms with Gasteiger partial charge in [-0.15, -0.1) is 0 Å². The van der Waals surface area contributed by atoms with Gasteiger partial charge in [-0.1, -0.05) is 61.4 Å². The Labute approximate surface area is 195 Å². The third kappa shape index (κ3) is 4.39. The average molecular weight is 460 g/mol. The van der Waals surface area contributed by atoms with Gasteiger partial charge in [0, 0.05) is 12.0 Å². The van der Waals surface area contributed by atoms with Crippen molar-refractivity contribution in [3.63, 3.8) is 0 Å². The first-order valence-electron chi connectivity index (χ1n) is 11.2. The van der Waals surface area contributed by atoms with Crippen molar-refractivity contribution in [3.05, 3.63) is 77.7 Å². The Balaban J connectivity index is 1.23. The van der Waals surface area contributed by atoms with Crippen molar-refractivity contribution in [3.8, 4) is 11.1 Å². The summed E-state index contributed by atoms with van der Waals surface area (Å²) in [5.41, 5.74) is 4.55. The van der Waals surface area contributed by atoms with E-state index < -0.39 is 24.0 Å². The minimum absolute atomic E-state index is 0.0935. The lowest BCUT2D eigenvalue weighted by Crippen LogP contribution is -2.41. The van der Waals surface area contributed by atoms with Gasteiger partial charge < -0.3 is 19.6 Å². The Morgan fingerprint density at radius 2 is 1.65 bits per heavy atom. The van der Waals surface area contributed by atoms with Gasteiger partial charge in [-0.2, -0.15) is 0 Å². The topological polar surface area (TPSA) is 118 Å². The van der Waals surface area contributed by atoms with Gasteiger partial charge in [-0.3, -0.25) is 10.1 Å². The van der Waals surface area contributed by atoms with Crippen LogP contribution in [-0.4, -0.2) is 35.7 Å². The number of carboxylic acids is 1. The van der Waals surface area contributed by atoms with Crippen LogP contribution in [0, 0.1) is 5.92 Å². The van der Waals surface area contributed by atoms with Crippen LogP contribution >= 0.6 is 0 Å². The number of furan rings is 1. The first kappa shape index (κ1) is 21.8. The molecule has 2 aromatic carbocycles. The number of benzene rings is 2. The number of hydrogen-bond acceptors (Lipinski definition) is 5. The number of carbonyl (C=O) groups excluding carboxylic acids is 2. The summed E-state index contributed by atoms with van der Waals surface area (Å²) in [4.78, 5) is 36.6. The van der Waals surface area contributed by atoms with Crippen LogP contribution in [0.5, 0.6) is 0 Å². The highest BCUT2D eigenvalue weighted by Gasteiger charge is 2.32. The van der Waals surface area contributed by atoms with Crippen molar-refractivity contribution < 1.29 is 28.6 Å². The number of aliphatic carboxylic acids is 1. The van der Waals surface area contributed by atoms with Gasteiger partial charge >= 0.3 is 12.1 Å². The van der Waals surface area contributed by atoms with Gasteiger partial charge in [0.05, 0.1) is 12.0 Å². The average Bonchev–Trinajstić information content (AvgIpc) is 3.43. The summed E-state index contributed by atoms with van der Waals surface area (Å²) >= 11 is 0. The predicted octanol–water partition coefficient (Wildman–Crippen LogP) is 4.62. The highest BCUT2D eigenvalue weighted by Crippen LogP contribution is 2.44. The predicted molar refractivity (Wildman–Crippen MR) is 124 cm³/mol. The lowest BCUT2D eigenvalue weighted by Gasteiger charge is -2.15. The fourth-order valence-corrected chi connectivity index (χ4v) is 4.46.